The van der Waals surface area contributed by atoms with Gasteiger partial charge < -0.3 is 9.64 Å². The number of benzene rings is 1. The molecule has 24 heavy (non-hydrogen) atoms. The van der Waals surface area contributed by atoms with E-state index in [0.717, 1.165) is 50.9 Å². The number of esters is 1. The van der Waals surface area contributed by atoms with E-state index in [-0.39, 0.29) is 18.4 Å². The number of likely N-dealkylation sites (N-methyl/N-ethyl adjacent to an activating group) is 1. The second-order valence-electron chi connectivity index (χ2n) is 6.14. The van der Waals surface area contributed by atoms with Crippen LogP contribution in [0.1, 0.15) is 50.7 Å². The topological polar surface area (TPSA) is 53.3 Å². The van der Waals surface area contributed by atoms with Crippen molar-refractivity contribution in [1.82, 2.24) is 4.90 Å². The highest BCUT2D eigenvalue weighted by Gasteiger charge is 2.44. The first-order valence-corrected chi connectivity index (χ1v) is 8.56. The molecule has 0 bridgehead atoms. The van der Waals surface area contributed by atoms with Crippen LogP contribution in [0.5, 0.6) is 0 Å². The van der Waals surface area contributed by atoms with Gasteiger partial charge in [0.25, 0.3) is 0 Å². The number of hydrogen-bond acceptors (Lipinski definition) is 4. The molecule has 0 amide bonds. The summed E-state index contributed by atoms with van der Waals surface area (Å²) < 4.78 is 5.63. The lowest BCUT2D eigenvalue weighted by Crippen LogP contribution is -2.37. The van der Waals surface area contributed by atoms with Crippen LogP contribution in [0.25, 0.3) is 0 Å². The van der Waals surface area contributed by atoms with Gasteiger partial charge >= 0.3 is 5.97 Å². The molecular weight excluding hydrogens is 324 g/mol. The van der Waals surface area contributed by atoms with Gasteiger partial charge in [0.15, 0.2) is 0 Å². The van der Waals surface area contributed by atoms with Crippen molar-refractivity contribution < 1.29 is 9.53 Å². The van der Waals surface area contributed by atoms with Gasteiger partial charge in [0.05, 0.1) is 17.0 Å². The summed E-state index contributed by atoms with van der Waals surface area (Å²) in [5.74, 6) is -0.105. The van der Waals surface area contributed by atoms with Crippen molar-refractivity contribution in [2.75, 3.05) is 26.2 Å². The number of halogens is 1. The first-order chi connectivity index (χ1) is 11.2. The molecule has 0 N–H and O–H groups in total. The molecule has 0 heterocycles. The Kier molecular flexibility index (Phi) is 8.24. The van der Waals surface area contributed by atoms with Crippen LogP contribution in [0.15, 0.2) is 24.3 Å². The predicted molar refractivity (Wildman–Crippen MR) is 97.3 cm³/mol. The first kappa shape index (κ1) is 20.5. The molecule has 0 radical (unpaired) electrons. The van der Waals surface area contributed by atoms with E-state index in [0.29, 0.717) is 12.2 Å². The smallest absolute Gasteiger partial charge is 0.316 e. The van der Waals surface area contributed by atoms with E-state index < -0.39 is 5.41 Å². The van der Waals surface area contributed by atoms with Gasteiger partial charge in [0.2, 0.25) is 0 Å². The van der Waals surface area contributed by atoms with Crippen LogP contribution < -0.4 is 0 Å². The van der Waals surface area contributed by atoms with Crippen LogP contribution in [0, 0.1) is 11.3 Å². The molecule has 0 aromatic heterocycles. The third-order valence-electron chi connectivity index (χ3n) is 4.95. The Bertz CT molecular complexity index is 556. The highest BCUT2D eigenvalue weighted by molar-refractivity contribution is 5.85. The van der Waals surface area contributed by atoms with Gasteiger partial charge in [-0.05, 0) is 43.6 Å². The summed E-state index contributed by atoms with van der Waals surface area (Å²) in [5.41, 5.74) is 1.09. The summed E-state index contributed by atoms with van der Waals surface area (Å²) in [6, 6.07) is 9.53. The quantitative estimate of drug-likeness (QED) is 0.704. The first-order valence-electron chi connectivity index (χ1n) is 8.56. The maximum absolute atomic E-state index is 12.8. The van der Waals surface area contributed by atoms with Gasteiger partial charge in [-0.25, -0.2) is 0 Å². The molecule has 1 aliphatic carbocycles. The Morgan fingerprint density at radius 2 is 1.79 bits per heavy atom. The van der Waals surface area contributed by atoms with E-state index in [9.17, 15) is 4.79 Å². The molecule has 0 aliphatic heterocycles. The van der Waals surface area contributed by atoms with E-state index in [1.165, 1.54) is 0 Å². The molecule has 0 atom stereocenters. The molecule has 0 saturated heterocycles. The molecule has 1 saturated carbocycles. The van der Waals surface area contributed by atoms with Crippen molar-refractivity contribution in [3.8, 4) is 6.07 Å². The zero-order valence-corrected chi connectivity index (χ0v) is 15.4. The van der Waals surface area contributed by atoms with Crippen molar-refractivity contribution in [1.29, 1.82) is 5.26 Å². The number of carbonyl (C=O) groups excluding carboxylic acids is 1. The number of nitriles is 1. The molecule has 132 valence electrons. The Morgan fingerprint density at radius 1 is 1.21 bits per heavy atom. The maximum Gasteiger partial charge on any atom is 0.316 e. The van der Waals surface area contributed by atoms with Gasteiger partial charge in [-0.1, -0.05) is 38.8 Å². The molecule has 1 fully saturated rings. The van der Waals surface area contributed by atoms with Crippen LogP contribution in [-0.2, 0) is 14.9 Å². The van der Waals surface area contributed by atoms with E-state index in [1.54, 1.807) is 12.1 Å². The van der Waals surface area contributed by atoms with Crippen LogP contribution in [-0.4, -0.2) is 37.1 Å². The normalized spacial score (nSPS) is 15.6. The minimum absolute atomic E-state index is 0. The maximum atomic E-state index is 12.8. The lowest BCUT2D eigenvalue weighted by Gasteiger charge is -2.28. The average Bonchev–Trinajstić information content (AvgIpc) is 3.10. The monoisotopic (exact) mass is 350 g/mol. The summed E-state index contributed by atoms with van der Waals surface area (Å²) >= 11 is 0. The van der Waals surface area contributed by atoms with Crippen molar-refractivity contribution in [3.63, 3.8) is 0 Å². The molecule has 0 unspecified atom stereocenters. The van der Waals surface area contributed by atoms with Gasteiger partial charge in [-0.2, -0.15) is 5.26 Å². The van der Waals surface area contributed by atoms with E-state index in [2.05, 4.69) is 24.8 Å². The molecule has 5 heteroatoms. The summed E-state index contributed by atoms with van der Waals surface area (Å²) in [7, 11) is 0. The lowest BCUT2D eigenvalue weighted by molar-refractivity contribution is -0.151. The zero-order valence-electron chi connectivity index (χ0n) is 14.6. The molecule has 2 rings (SSSR count). The van der Waals surface area contributed by atoms with E-state index >= 15 is 0 Å². The molecule has 1 aliphatic rings. The van der Waals surface area contributed by atoms with Crippen molar-refractivity contribution in [2.45, 2.75) is 44.9 Å². The second kappa shape index (κ2) is 9.66. The molecule has 4 nitrogen and oxygen atoms in total. The number of rotatable bonds is 7. The minimum Gasteiger partial charge on any atom is -0.464 e. The van der Waals surface area contributed by atoms with Crippen molar-refractivity contribution >= 4 is 18.4 Å². The zero-order chi connectivity index (χ0) is 16.7. The van der Waals surface area contributed by atoms with Crippen LogP contribution >= 0.6 is 12.4 Å². The van der Waals surface area contributed by atoms with E-state index in [1.807, 2.05) is 12.1 Å². The third-order valence-corrected chi connectivity index (χ3v) is 4.95. The fourth-order valence-electron chi connectivity index (χ4n) is 3.40. The molecule has 1 aromatic carbocycles. The number of hydrogen-bond donors (Lipinski definition) is 0. The Morgan fingerprint density at radius 3 is 2.29 bits per heavy atom. The lowest BCUT2D eigenvalue weighted by atomic mass is 9.78. The Labute approximate surface area is 151 Å². The van der Waals surface area contributed by atoms with Gasteiger partial charge in [0.1, 0.15) is 6.61 Å². The largest absolute Gasteiger partial charge is 0.464 e. The highest BCUT2D eigenvalue weighted by atomic mass is 35.5. The highest BCUT2D eigenvalue weighted by Crippen LogP contribution is 2.42. The van der Waals surface area contributed by atoms with Gasteiger partial charge in [-0.3, -0.25) is 4.79 Å². The third kappa shape index (κ3) is 4.49. The fraction of sp³-hybridized carbons (Fsp3) is 0.579. The molecular formula is C19H27ClN2O2. The SMILES string of the molecule is CCN(CC)CCOC(=O)C1(c2ccc(C#N)cc2)CCCC1.Cl. The molecule has 0 spiro atoms. The molecule has 1 aromatic rings. The van der Waals surface area contributed by atoms with E-state index in [4.69, 9.17) is 10.00 Å². The second-order valence-corrected chi connectivity index (χ2v) is 6.14. The van der Waals surface area contributed by atoms with Crippen LogP contribution in [0.2, 0.25) is 0 Å². The fourth-order valence-corrected chi connectivity index (χ4v) is 3.40. The van der Waals surface area contributed by atoms with Crippen molar-refractivity contribution in [2.24, 2.45) is 0 Å². The summed E-state index contributed by atoms with van der Waals surface area (Å²) in [6.45, 7) is 7.38. The van der Waals surface area contributed by atoms with Crippen molar-refractivity contribution in [3.05, 3.63) is 35.4 Å². The average molecular weight is 351 g/mol. The number of nitrogens with zero attached hydrogens (tertiary/aromatic N) is 2. The Hall–Kier alpha value is -1.57. The Balaban J connectivity index is 0.00000288. The van der Waals surface area contributed by atoms with Gasteiger partial charge in [0, 0.05) is 6.54 Å². The van der Waals surface area contributed by atoms with Crippen LogP contribution in [0.3, 0.4) is 0 Å². The predicted octanol–water partition coefficient (Wildman–Crippen LogP) is 3.68. The number of carbonyl (C=O) groups is 1. The number of ether oxygens (including phenoxy) is 1. The standard InChI is InChI=1S/C19H26N2O2.ClH/c1-3-21(4-2)13-14-23-18(22)19(11-5-6-12-19)17-9-7-16(15-20)8-10-17;/h7-10H,3-6,11-14H2,1-2H3;1H. The summed E-state index contributed by atoms with van der Waals surface area (Å²) in [6.07, 6.45) is 3.77. The minimum atomic E-state index is -0.517. The summed E-state index contributed by atoms with van der Waals surface area (Å²) in [5, 5.41) is 8.94. The van der Waals surface area contributed by atoms with Gasteiger partial charge in [-0.15, -0.1) is 12.4 Å². The summed E-state index contributed by atoms with van der Waals surface area (Å²) in [4.78, 5) is 15.0. The van der Waals surface area contributed by atoms with Crippen LogP contribution in [0.4, 0.5) is 0 Å².